The molecule has 4 heteroatoms. The molecule has 1 aromatic rings. The van der Waals surface area contributed by atoms with E-state index >= 15 is 0 Å². The molecule has 1 aromatic carbocycles. The summed E-state index contributed by atoms with van der Waals surface area (Å²) in [7, 11) is -1.59. The van der Waals surface area contributed by atoms with E-state index in [0.29, 0.717) is 11.6 Å². The minimum atomic E-state index is -1.59. The maximum Gasteiger partial charge on any atom is 0.255 e. The summed E-state index contributed by atoms with van der Waals surface area (Å²) in [6.45, 7) is 8.20. The molecule has 0 N–H and O–H groups in total. The molecule has 19 heavy (non-hydrogen) atoms. The number of carbonyl (C=O) groups is 1. The number of rotatable bonds is 2. The van der Waals surface area contributed by atoms with Crippen LogP contribution in [0.5, 0.6) is 0 Å². The molecule has 1 amide bonds. The van der Waals surface area contributed by atoms with Crippen molar-refractivity contribution >= 4 is 30.8 Å². The van der Waals surface area contributed by atoms with Gasteiger partial charge in [0.1, 0.15) is 0 Å². The Labute approximate surface area is 121 Å². The van der Waals surface area contributed by atoms with Crippen LogP contribution in [0.1, 0.15) is 16.8 Å². The number of nitrogens with zero attached hydrogens (tertiary/aromatic N) is 1. The zero-order valence-corrected chi connectivity index (χ0v) is 13.5. The third kappa shape index (κ3) is 3.10. The van der Waals surface area contributed by atoms with Gasteiger partial charge in [-0.2, -0.15) is 0 Å². The molecule has 1 heterocycles. The van der Waals surface area contributed by atoms with Crippen LogP contribution < -0.4 is 5.19 Å². The zero-order chi connectivity index (χ0) is 14.0. The molecule has 2 nitrogen and oxygen atoms in total. The zero-order valence-electron chi connectivity index (χ0n) is 11.7. The number of halogens is 1. The Bertz CT molecular complexity index is 519. The van der Waals surface area contributed by atoms with Crippen LogP contribution in [-0.4, -0.2) is 32.0 Å². The molecule has 0 fully saturated rings. The lowest BCUT2D eigenvalue weighted by atomic mass is 10.1. The number of benzene rings is 1. The van der Waals surface area contributed by atoms with Crippen molar-refractivity contribution < 1.29 is 4.79 Å². The van der Waals surface area contributed by atoms with Crippen molar-refractivity contribution in [2.24, 2.45) is 0 Å². The van der Waals surface area contributed by atoms with E-state index in [1.54, 1.807) is 0 Å². The standard InChI is InChI=1S/C15H20ClNOSi/c1-19(2,3)13-9-7-8-12(16)14(13)15(18)17-10-5-4-6-11-17/h4-5,7-9H,6,10-11H2,1-3H3. The summed E-state index contributed by atoms with van der Waals surface area (Å²) in [6.07, 6.45) is 5.10. The van der Waals surface area contributed by atoms with Crippen LogP contribution in [0.2, 0.25) is 24.7 Å². The number of hydrogen-bond acceptors (Lipinski definition) is 1. The van der Waals surface area contributed by atoms with E-state index in [9.17, 15) is 4.79 Å². The van der Waals surface area contributed by atoms with Gasteiger partial charge < -0.3 is 4.90 Å². The van der Waals surface area contributed by atoms with E-state index in [-0.39, 0.29) is 5.91 Å². The topological polar surface area (TPSA) is 20.3 Å². The lowest BCUT2D eigenvalue weighted by molar-refractivity contribution is 0.0772. The average molecular weight is 294 g/mol. The first-order chi connectivity index (χ1) is 8.91. The van der Waals surface area contributed by atoms with Crippen molar-refractivity contribution in [2.45, 2.75) is 26.1 Å². The van der Waals surface area contributed by atoms with Gasteiger partial charge in [-0.25, -0.2) is 0 Å². The van der Waals surface area contributed by atoms with Crippen LogP contribution in [0.25, 0.3) is 0 Å². The third-order valence-electron chi connectivity index (χ3n) is 3.38. The normalized spacial score (nSPS) is 15.7. The SMILES string of the molecule is C[Si](C)(C)c1cccc(Cl)c1C(=O)N1CC=CCC1. The van der Waals surface area contributed by atoms with E-state index in [1.165, 1.54) is 0 Å². The minimum Gasteiger partial charge on any atom is -0.335 e. The Kier molecular flexibility index (Phi) is 4.16. The van der Waals surface area contributed by atoms with Gasteiger partial charge >= 0.3 is 0 Å². The maximum atomic E-state index is 12.7. The fourth-order valence-electron chi connectivity index (χ4n) is 2.35. The summed E-state index contributed by atoms with van der Waals surface area (Å²) in [6, 6.07) is 5.83. The van der Waals surface area contributed by atoms with E-state index in [0.717, 1.165) is 23.7 Å². The second-order valence-corrected chi connectivity index (χ2v) is 11.4. The highest BCUT2D eigenvalue weighted by Crippen LogP contribution is 2.20. The lowest BCUT2D eigenvalue weighted by Crippen LogP contribution is -2.45. The van der Waals surface area contributed by atoms with Crippen molar-refractivity contribution in [1.29, 1.82) is 0 Å². The molecule has 0 atom stereocenters. The molecule has 102 valence electrons. The average Bonchev–Trinajstić information content (AvgIpc) is 2.37. The Balaban J connectivity index is 2.43. The van der Waals surface area contributed by atoms with Crippen LogP contribution in [-0.2, 0) is 0 Å². The molecule has 0 spiro atoms. The van der Waals surface area contributed by atoms with Crippen LogP contribution >= 0.6 is 11.6 Å². The van der Waals surface area contributed by atoms with Crippen molar-refractivity contribution in [2.75, 3.05) is 13.1 Å². The molecule has 0 saturated heterocycles. The quantitative estimate of drug-likeness (QED) is 0.605. The molecule has 0 aromatic heterocycles. The predicted octanol–water partition coefficient (Wildman–Crippen LogP) is 3.29. The molecular weight excluding hydrogens is 274 g/mol. The van der Waals surface area contributed by atoms with Crippen LogP contribution in [0.15, 0.2) is 30.4 Å². The van der Waals surface area contributed by atoms with Gasteiger partial charge in [0.25, 0.3) is 5.91 Å². The number of carbonyl (C=O) groups excluding carboxylic acids is 1. The molecule has 2 rings (SSSR count). The van der Waals surface area contributed by atoms with Gasteiger partial charge in [-0.1, -0.05) is 55.5 Å². The summed E-state index contributed by atoms with van der Waals surface area (Å²) in [5.41, 5.74) is 0.721. The van der Waals surface area contributed by atoms with Gasteiger partial charge in [0.2, 0.25) is 0 Å². The van der Waals surface area contributed by atoms with E-state index in [1.807, 2.05) is 23.1 Å². The Morgan fingerprint density at radius 1 is 1.26 bits per heavy atom. The fourth-order valence-corrected chi connectivity index (χ4v) is 4.27. The van der Waals surface area contributed by atoms with Crippen molar-refractivity contribution in [3.8, 4) is 0 Å². The summed E-state index contributed by atoms with van der Waals surface area (Å²) in [5.74, 6) is 0.0763. The largest absolute Gasteiger partial charge is 0.335 e. The highest BCUT2D eigenvalue weighted by atomic mass is 35.5. The van der Waals surface area contributed by atoms with Gasteiger partial charge in [-0.05, 0) is 17.7 Å². The summed E-state index contributed by atoms with van der Waals surface area (Å²) >= 11 is 6.31. The Hall–Kier alpha value is -1.06. The molecule has 0 aliphatic carbocycles. The predicted molar refractivity (Wildman–Crippen MR) is 84.1 cm³/mol. The molecule has 0 saturated carbocycles. The van der Waals surface area contributed by atoms with Gasteiger partial charge in [0, 0.05) is 13.1 Å². The molecular formula is C15H20ClNOSi. The Morgan fingerprint density at radius 3 is 2.58 bits per heavy atom. The highest BCUT2D eigenvalue weighted by Gasteiger charge is 2.28. The first-order valence-corrected chi connectivity index (χ1v) is 10.5. The van der Waals surface area contributed by atoms with Crippen LogP contribution in [0.4, 0.5) is 0 Å². The second kappa shape index (κ2) is 5.51. The minimum absolute atomic E-state index is 0.0763. The van der Waals surface area contributed by atoms with Crippen LogP contribution in [0, 0.1) is 0 Å². The van der Waals surface area contributed by atoms with Crippen molar-refractivity contribution in [1.82, 2.24) is 4.90 Å². The lowest BCUT2D eigenvalue weighted by Gasteiger charge is -2.27. The number of amides is 1. The summed E-state index contributed by atoms with van der Waals surface area (Å²) < 4.78 is 0. The van der Waals surface area contributed by atoms with Crippen molar-refractivity contribution in [3.05, 3.63) is 40.9 Å². The first-order valence-electron chi connectivity index (χ1n) is 6.64. The molecule has 1 aliphatic heterocycles. The van der Waals surface area contributed by atoms with Crippen molar-refractivity contribution in [3.63, 3.8) is 0 Å². The molecule has 1 aliphatic rings. The van der Waals surface area contributed by atoms with E-state index in [2.05, 4.69) is 31.8 Å². The summed E-state index contributed by atoms with van der Waals surface area (Å²) in [4.78, 5) is 14.6. The van der Waals surface area contributed by atoms with E-state index in [4.69, 9.17) is 11.6 Å². The smallest absolute Gasteiger partial charge is 0.255 e. The Morgan fingerprint density at radius 2 is 2.00 bits per heavy atom. The van der Waals surface area contributed by atoms with Gasteiger partial charge in [0.05, 0.1) is 18.7 Å². The summed E-state index contributed by atoms with van der Waals surface area (Å²) in [5, 5.41) is 1.74. The molecule has 0 bridgehead atoms. The fraction of sp³-hybridized carbons (Fsp3) is 0.400. The maximum absolute atomic E-state index is 12.7. The molecule has 0 radical (unpaired) electrons. The van der Waals surface area contributed by atoms with Gasteiger partial charge in [-0.15, -0.1) is 0 Å². The number of hydrogen-bond donors (Lipinski definition) is 0. The van der Waals surface area contributed by atoms with Gasteiger partial charge in [-0.3, -0.25) is 4.79 Å². The highest BCUT2D eigenvalue weighted by molar-refractivity contribution is 6.89. The third-order valence-corrected chi connectivity index (χ3v) is 5.73. The van der Waals surface area contributed by atoms with Gasteiger partial charge in [0.15, 0.2) is 0 Å². The monoisotopic (exact) mass is 293 g/mol. The first kappa shape index (κ1) is 14.3. The molecule has 0 unspecified atom stereocenters. The van der Waals surface area contributed by atoms with E-state index < -0.39 is 8.07 Å². The second-order valence-electron chi connectivity index (χ2n) is 5.92. The van der Waals surface area contributed by atoms with Crippen LogP contribution in [0.3, 0.4) is 0 Å².